The Kier molecular flexibility index (Phi) is 10.9. The Morgan fingerprint density at radius 1 is 0.822 bits per heavy atom. The number of hydrogen-bond acceptors (Lipinski definition) is 3. The van der Waals surface area contributed by atoms with Gasteiger partial charge in [0.25, 0.3) is 0 Å². The number of aliphatic carboxylic acids is 1. The van der Waals surface area contributed by atoms with E-state index in [0.29, 0.717) is 41.7 Å². The topological polar surface area (TPSA) is 66.8 Å². The minimum absolute atomic E-state index is 0.0217. The summed E-state index contributed by atoms with van der Waals surface area (Å²) in [5.74, 6) is -4.62. The zero-order valence-corrected chi connectivity index (χ0v) is 24.0. The average molecular weight is 629 g/mol. The molecule has 0 fully saturated rings. The molecule has 0 aliphatic rings. The highest BCUT2D eigenvalue weighted by atomic mass is 19.4. The van der Waals surface area contributed by atoms with Crippen molar-refractivity contribution < 1.29 is 46.1 Å². The number of carbonyl (C=O) groups is 1. The van der Waals surface area contributed by atoms with Gasteiger partial charge in [-0.15, -0.1) is 0 Å². The molecule has 0 saturated carbocycles. The number of allylic oxidation sites excluding steroid dienone is 1. The van der Waals surface area contributed by atoms with E-state index in [1.807, 2.05) is 0 Å². The van der Waals surface area contributed by atoms with Crippen molar-refractivity contribution in [3.05, 3.63) is 125 Å². The van der Waals surface area contributed by atoms with Gasteiger partial charge >= 0.3 is 12.1 Å². The first-order valence-corrected chi connectivity index (χ1v) is 14.1. The van der Waals surface area contributed by atoms with Crippen LogP contribution in [0.3, 0.4) is 0 Å². The second-order valence-electron chi connectivity index (χ2n) is 10.6. The fourth-order valence-electron chi connectivity index (χ4n) is 4.81. The number of hydrogen-bond donors (Lipinski definition) is 2. The minimum Gasteiger partial charge on any atom is -0.503 e. The normalized spacial score (nSPS) is 12.4. The van der Waals surface area contributed by atoms with Crippen LogP contribution in [-0.2, 0) is 24.0 Å². The molecule has 4 aromatic carbocycles. The van der Waals surface area contributed by atoms with Crippen molar-refractivity contribution in [3.63, 3.8) is 0 Å². The van der Waals surface area contributed by atoms with Crippen LogP contribution >= 0.6 is 0 Å². The quantitative estimate of drug-likeness (QED) is 0.114. The summed E-state index contributed by atoms with van der Waals surface area (Å²) < 4.78 is 86.7. The average Bonchev–Trinajstić information content (AvgIpc) is 3.00. The molecular weight excluding hydrogens is 598 g/mol. The number of aromatic hydroxyl groups is 1. The largest absolute Gasteiger partial charge is 0.503 e. The van der Waals surface area contributed by atoms with Gasteiger partial charge in [-0.1, -0.05) is 55.0 Å². The van der Waals surface area contributed by atoms with Gasteiger partial charge in [0.2, 0.25) is 0 Å². The number of carboxylic acids is 1. The summed E-state index contributed by atoms with van der Waals surface area (Å²) in [6.07, 6.45) is 0.572. The Bertz CT molecular complexity index is 1610. The maximum atomic E-state index is 14.2. The lowest BCUT2D eigenvalue weighted by atomic mass is 9.92. The third-order valence-electron chi connectivity index (χ3n) is 7.20. The molecule has 1 unspecified atom stereocenters. The standard InChI is InChI=1S/C35H30F6O4/c36-29-15-16-32(45-21-23-6-8-25(9-7-23)26-11-13-28(14-12-26)35(39,40)41)27(20-29)10-5-22(3-1-2-4-33(42)43)17-24-18-30(37)34(44)31(38)19-24/h5-16,18-20,22,44H,1-4,17,21H2,(H,42,43). The first-order chi connectivity index (χ1) is 21.4. The first kappa shape index (κ1) is 33.2. The molecule has 0 aromatic heterocycles. The van der Waals surface area contributed by atoms with Crippen LogP contribution in [0, 0.1) is 23.4 Å². The van der Waals surface area contributed by atoms with Crippen molar-refractivity contribution in [2.24, 2.45) is 5.92 Å². The number of carboxylic acid groups (broad SMARTS) is 1. The van der Waals surface area contributed by atoms with Gasteiger partial charge in [-0.3, -0.25) is 4.79 Å². The second kappa shape index (κ2) is 14.8. The fourth-order valence-corrected chi connectivity index (χ4v) is 4.81. The van der Waals surface area contributed by atoms with Gasteiger partial charge in [-0.05, 0) is 89.9 Å². The van der Waals surface area contributed by atoms with Gasteiger partial charge in [-0.2, -0.15) is 13.2 Å². The van der Waals surface area contributed by atoms with Crippen LogP contribution in [-0.4, -0.2) is 16.2 Å². The second-order valence-corrected chi connectivity index (χ2v) is 10.6. The van der Waals surface area contributed by atoms with Crippen molar-refractivity contribution in [3.8, 4) is 22.6 Å². The fraction of sp³-hybridized carbons (Fsp3) is 0.229. The molecule has 0 bridgehead atoms. The van der Waals surface area contributed by atoms with Crippen LogP contribution in [0.1, 0.15) is 47.9 Å². The molecule has 0 amide bonds. The molecule has 0 aliphatic carbocycles. The van der Waals surface area contributed by atoms with E-state index >= 15 is 0 Å². The van der Waals surface area contributed by atoms with E-state index in [-0.39, 0.29) is 25.4 Å². The lowest BCUT2D eigenvalue weighted by Crippen LogP contribution is -2.04. The summed E-state index contributed by atoms with van der Waals surface area (Å²) in [4.78, 5) is 10.9. The number of unbranched alkanes of at least 4 members (excludes halogenated alkanes) is 1. The number of benzene rings is 4. The Morgan fingerprint density at radius 2 is 1.44 bits per heavy atom. The highest BCUT2D eigenvalue weighted by Gasteiger charge is 2.30. The lowest BCUT2D eigenvalue weighted by Gasteiger charge is -2.15. The predicted molar refractivity (Wildman–Crippen MR) is 158 cm³/mol. The smallest absolute Gasteiger partial charge is 0.416 e. The summed E-state index contributed by atoms with van der Waals surface area (Å²) >= 11 is 0. The van der Waals surface area contributed by atoms with E-state index in [1.165, 1.54) is 30.3 Å². The van der Waals surface area contributed by atoms with Crippen LogP contribution in [0.15, 0.2) is 84.9 Å². The Balaban J connectivity index is 1.47. The summed E-state index contributed by atoms with van der Waals surface area (Å²) in [6.45, 7) is 0.116. The Morgan fingerprint density at radius 3 is 2.04 bits per heavy atom. The lowest BCUT2D eigenvalue weighted by molar-refractivity contribution is -0.138. The summed E-state index contributed by atoms with van der Waals surface area (Å²) in [6, 6.07) is 18.0. The molecule has 0 radical (unpaired) electrons. The maximum Gasteiger partial charge on any atom is 0.416 e. The number of alkyl halides is 3. The van der Waals surface area contributed by atoms with Gasteiger partial charge < -0.3 is 14.9 Å². The molecule has 0 saturated heterocycles. The molecule has 4 nitrogen and oxygen atoms in total. The molecule has 236 valence electrons. The molecule has 1 atom stereocenters. The molecule has 0 spiro atoms. The van der Waals surface area contributed by atoms with E-state index in [2.05, 4.69) is 0 Å². The highest BCUT2D eigenvalue weighted by Crippen LogP contribution is 2.32. The van der Waals surface area contributed by atoms with Crippen LogP contribution in [0.25, 0.3) is 17.2 Å². The van der Waals surface area contributed by atoms with Crippen molar-refractivity contribution in [2.45, 2.75) is 44.9 Å². The van der Waals surface area contributed by atoms with Gasteiger partial charge in [0.15, 0.2) is 17.4 Å². The minimum atomic E-state index is -4.41. The maximum absolute atomic E-state index is 14.2. The third-order valence-corrected chi connectivity index (χ3v) is 7.20. The van der Waals surface area contributed by atoms with Crippen molar-refractivity contribution in [2.75, 3.05) is 0 Å². The number of phenolic OH excluding ortho intramolecular Hbond substituents is 1. The van der Waals surface area contributed by atoms with Gasteiger partial charge in [0.1, 0.15) is 18.2 Å². The molecule has 4 aromatic rings. The van der Waals surface area contributed by atoms with E-state index in [9.17, 15) is 36.2 Å². The zero-order chi connectivity index (χ0) is 32.6. The SMILES string of the molecule is O=C(O)CCCCC(C=Cc1cc(F)ccc1OCc1ccc(-c2ccc(C(F)(F)F)cc2)cc1)Cc1cc(F)c(O)c(F)c1. The van der Waals surface area contributed by atoms with Crippen LogP contribution < -0.4 is 4.74 Å². The third kappa shape index (κ3) is 9.63. The molecule has 10 heteroatoms. The molecule has 4 rings (SSSR count). The van der Waals surface area contributed by atoms with Gasteiger partial charge in [-0.25, -0.2) is 13.2 Å². The van der Waals surface area contributed by atoms with E-state index in [4.69, 9.17) is 9.84 Å². The molecular formula is C35H30F6O4. The first-order valence-electron chi connectivity index (χ1n) is 14.1. The zero-order valence-electron chi connectivity index (χ0n) is 24.0. The Hall–Kier alpha value is -4.73. The predicted octanol–water partition coefficient (Wildman–Crippen LogP) is 9.59. The molecule has 2 N–H and O–H groups in total. The van der Waals surface area contributed by atoms with Crippen molar-refractivity contribution in [1.82, 2.24) is 0 Å². The number of halogens is 6. The number of rotatable bonds is 13. The summed E-state index contributed by atoms with van der Waals surface area (Å²) in [7, 11) is 0. The van der Waals surface area contributed by atoms with E-state index in [1.54, 1.807) is 36.4 Å². The van der Waals surface area contributed by atoms with Gasteiger partial charge in [0, 0.05) is 12.0 Å². The number of phenols is 1. The molecule has 0 heterocycles. The monoisotopic (exact) mass is 628 g/mol. The highest BCUT2D eigenvalue weighted by molar-refractivity contribution is 5.66. The van der Waals surface area contributed by atoms with Crippen LogP contribution in [0.2, 0.25) is 0 Å². The van der Waals surface area contributed by atoms with Crippen LogP contribution in [0.5, 0.6) is 11.5 Å². The summed E-state index contributed by atoms with van der Waals surface area (Å²) in [5, 5.41) is 18.4. The summed E-state index contributed by atoms with van der Waals surface area (Å²) in [5.41, 5.74) is 2.09. The van der Waals surface area contributed by atoms with Crippen molar-refractivity contribution in [1.29, 1.82) is 0 Å². The van der Waals surface area contributed by atoms with Gasteiger partial charge in [0.05, 0.1) is 5.56 Å². The number of ether oxygens (including phenoxy) is 1. The van der Waals surface area contributed by atoms with Crippen LogP contribution in [0.4, 0.5) is 26.3 Å². The van der Waals surface area contributed by atoms with E-state index < -0.39 is 40.9 Å². The molecule has 45 heavy (non-hydrogen) atoms. The van der Waals surface area contributed by atoms with Crippen molar-refractivity contribution >= 4 is 12.0 Å². The van der Waals surface area contributed by atoms with E-state index in [0.717, 1.165) is 35.4 Å². The Labute approximate surface area is 256 Å². The molecule has 0 aliphatic heterocycles.